The number of halogens is 1. The van der Waals surface area contributed by atoms with Crippen LogP contribution in [0.1, 0.15) is 30.0 Å². The summed E-state index contributed by atoms with van der Waals surface area (Å²) < 4.78 is 25.7. The topological polar surface area (TPSA) is 66.4 Å². The number of nitrogens with one attached hydrogen (secondary N) is 1. The number of anilines is 1. The van der Waals surface area contributed by atoms with Crippen LogP contribution in [0, 0.1) is 5.82 Å². The number of benzene rings is 3. The van der Waals surface area contributed by atoms with Crippen LogP contribution in [0.25, 0.3) is 17.2 Å². The van der Waals surface area contributed by atoms with Gasteiger partial charge in [-0.1, -0.05) is 18.2 Å². The summed E-state index contributed by atoms with van der Waals surface area (Å²) in [6.07, 6.45) is 3.73. The van der Waals surface area contributed by atoms with Crippen LogP contribution < -0.4 is 5.32 Å². The minimum absolute atomic E-state index is 0.0915. The van der Waals surface area contributed by atoms with Gasteiger partial charge in [-0.25, -0.2) is 4.39 Å². The van der Waals surface area contributed by atoms with Crippen LogP contribution in [0.2, 0.25) is 0 Å². The maximum Gasteiger partial charge on any atom is 0.228 e. The molecule has 0 fully saturated rings. The first-order chi connectivity index (χ1) is 15.3. The van der Waals surface area contributed by atoms with Gasteiger partial charge in [-0.15, -0.1) is 0 Å². The number of hydrogen-bond acceptors (Lipinski definition) is 3. The molecule has 0 saturated heterocycles. The molecule has 3 aromatic carbocycles. The van der Waals surface area contributed by atoms with E-state index in [-0.39, 0.29) is 23.9 Å². The first-order valence-electron chi connectivity index (χ1n) is 10.1. The average Bonchev–Trinajstić information content (AvgIpc) is 3.01. The van der Waals surface area contributed by atoms with E-state index in [1.54, 1.807) is 24.5 Å². The fourth-order valence-corrected chi connectivity index (χ4v) is 4.33. The fraction of sp³-hybridized carbons (Fsp3) is 0.115. The van der Waals surface area contributed by atoms with Crippen LogP contribution >= 0.6 is 0 Å². The number of rotatable bonds is 5. The van der Waals surface area contributed by atoms with Gasteiger partial charge in [-0.05, 0) is 94.9 Å². The smallest absolute Gasteiger partial charge is 0.228 e. The van der Waals surface area contributed by atoms with Crippen molar-refractivity contribution in [1.29, 1.82) is 0 Å². The van der Waals surface area contributed by atoms with E-state index in [2.05, 4.69) is 5.32 Å². The monoisotopic (exact) mass is 447 g/mol. The summed E-state index contributed by atoms with van der Waals surface area (Å²) in [5, 5.41) is 12.2. The molecule has 0 aliphatic heterocycles. The van der Waals surface area contributed by atoms with Crippen molar-refractivity contribution >= 4 is 39.6 Å². The number of aromatic hydroxyl groups is 1. The van der Waals surface area contributed by atoms with E-state index >= 15 is 0 Å². The summed E-state index contributed by atoms with van der Waals surface area (Å²) in [6, 6.07) is 18.3. The second-order valence-electron chi connectivity index (χ2n) is 7.65. The largest absolute Gasteiger partial charge is 0.508 e. The zero-order valence-electron chi connectivity index (χ0n) is 17.7. The van der Waals surface area contributed by atoms with Gasteiger partial charge in [0.2, 0.25) is 5.91 Å². The third kappa shape index (κ3) is 4.55. The molecule has 1 atom stereocenters. The molecular weight excluding hydrogens is 425 g/mol. The Kier molecular flexibility index (Phi) is 6.06. The molecule has 0 spiro atoms. The predicted octanol–water partition coefficient (Wildman–Crippen LogP) is 5.63. The van der Waals surface area contributed by atoms with Gasteiger partial charge < -0.3 is 10.4 Å². The van der Waals surface area contributed by atoms with Crippen molar-refractivity contribution in [2.24, 2.45) is 0 Å². The number of allylic oxidation sites excluding steroid dienone is 2. The van der Waals surface area contributed by atoms with E-state index in [0.717, 1.165) is 32.7 Å². The van der Waals surface area contributed by atoms with Crippen LogP contribution in [-0.2, 0) is 15.6 Å². The van der Waals surface area contributed by atoms with Gasteiger partial charge in [-0.2, -0.15) is 0 Å². The van der Waals surface area contributed by atoms with Crippen LogP contribution in [0.15, 0.2) is 77.2 Å². The summed E-state index contributed by atoms with van der Waals surface area (Å²) in [5.41, 5.74) is 5.70. The Morgan fingerprint density at radius 3 is 2.38 bits per heavy atom. The van der Waals surface area contributed by atoms with Crippen molar-refractivity contribution < 1.29 is 18.5 Å². The standard InChI is InChI=1S/C26H22FNO3S/c1-16-23(13-17-3-10-21(11-4-17)32(2)31)22-12-5-18(27)14-25(22)24(16)15-26(30)28-19-6-8-20(29)9-7-19/h3-14,29H,15H2,1-2H3,(H,28,30)/b23-13+. The second-order valence-corrected chi connectivity index (χ2v) is 9.03. The van der Waals surface area contributed by atoms with Crippen molar-refractivity contribution in [3.8, 4) is 5.75 Å². The van der Waals surface area contributed by atoms with Crippen molar-refractivity contribution in [1.82, 2.24) is 0 Å². The third-order valence-electron chi connectivity index (χ3n) is 5.47. The lowest BCUT2D eigenvalue weighted by Crippen LogP contribution is -2.11. The van der Waals surface area contributed by atoms with Crippen LogP contribution in [0.4, 0.5) is 10.1 Å². The van der Waals surface area contributed by atoms with Gasteiger partial charge in [0.1, 0.15) is 11.6 Å². The molecule has 4 rings (SSSR count). The molecule has 1 aliphatic carbocycles. The Hall–Kier alpha value is -3.51. The molecule has 0 saturated carbocycles. The number of phenolic OH excluding ortho intramolecular Hbond substituents is 1. The minimum Gasteiger partial charge on any atom is -0.508 e. The molecule has 4 nitrogen and oxygen atoms in total. The molecular formula is C26H22FNO3S. The summed E-state index contributed by atoms with van der Waals surface area (Å²) in [6.45, 7) is 1.93. The molecule has 162 valence electrons. The Balaban J connectivity index is 1.67. The van der Waals surface area contributed by atoms with E-state index < -0.39 is 10.8 Å². The summed E-state index contributed by atoms with van der Waals surface area (Å²) in [5.74, 6) is -0.463. The average molecular weight is 448 g/mol. The van der Waals surface area contributed by atoms with E-state index in [9.17, 15) is 18.5 Å². The fourth-order valence-electron chi connectivity index (χ4n) is 3.81. The van der Waals surface area contributed by atoms with Crippen LogP contribution in [-0.4, -0.2) is 21.5 Å². The number of phenols is 1. The number of carbonyl (C=O) groups excluding carboxylic acids is 1. The van der Waals surface area contributed by atoms with Gasteiger partial charge in [-0.3, -0.25) is 9.00 Å². The highest BCUT2D eigenvalue weighted by Gasteiger charge is 2.25. The molecule has 3 aromatic rings. The number of carbonyl (C=O) groups is 1. The summed E-state index contributed by atoms with van der Waals surface area (Å²) >= 11 is 0. The Morgan fingerprint density at radius 1 is 1.03 bits per heavy atom. The highest BCUT2D eigenvalue weighted by Crippen LogP contribution is 2.44. The summed E-state index contributed by atoms with van der Waals surface area (Å²) in [7, 11) is -1.05. The van der Waals surface area contributed by atoms with E-state index in [1.807, 2.05) is 37.3 Å². The molecule has 2 N–H and O–H groups in total. The van der Waals surface area contributed by atoms with Crippen molar-refractivity contribution in [3.05, 3.63) is 94.8 Å². The predicted molar refractivity (Wildman–Crippen MR) is 127 cm³/mol. The maximum absolute atomic E-state index is 14.1. The van der Waals surface area contributed by atoms with Gasteiger partial charge in [0.25, 0.3) is 0 Å². The maximum atomic E-state index is 14.1. The van der Waals surface area contributed by atoms with Crippen molar-refractivity contribution in [3.63, 3.8) is 0 Å². The van der Waals surface area contributed by atoms with Gasteiger partial charge >= 0.3 is 0 Å². The first kappa shape index (κ1) is 21.7. The van der Waals surface area contributed by atoms with Crippen molar-refractivity contribution in [2.45, 2.75) is 18.2 Å². The van der Waals surface area contributed by atoms with E-state index in [1.165, 1.54) is 24.3 Å². The zero-order chi connectivity index (χ0) is 22.8. The molecule has 1 unspecified atom stereocenters. The van der Waals surface area contributed by atoms with E-state index in [0.29, 0.717) is 11.3 Å². The van der Waals surface area contributed by atoms with Crippen molar-refractivity contribution in [2.75, 3.05) is 11.6 Å². The molecule has 1 aliphatic rings. The lowest BCUT2D eigenvalue weighted by molar-refractivity contribution is -0.115. The highest BCUT2D eigenvalue weighted by molar-refractivity contribution is 7.84. The molecule has 0 bridgehead atoms. The van der Waals surface area contributed by atoms with Gasteiger partial charge in [0, 0.05) is 27.6 Å². The van der Waals surface area contributed by atoms with Crippen LogP contribution in [0.5, 0.6) is 5.75 Å². The lowest BCUT2D eigenvalue weighted by Gasteiger charge is -2.08. The highest BCUT2D eigenvalue weighted by atomic mass is 32.2. The number of fused-ring (bicyclic) bond motifs is 1. The van der Waals surface area contributed by atoms with E-state index in [4.69, 9.17) is 0 Å². The second kappa shape index (κ2) is 8.93. The zero-order valence-corrected chi connectivity index (χ0v) is 18.5. The molecule has 1 amide bonds. The Morgan fingerprint density at radius 2 is 1.72 bits per heavy atom. The molecule has 0 radical (unpaired) electrons. The Bertz CT molecular complexity index is 1280. The van der Waals surface area contributed by atoms with Crippen LogP contribution in [0.3, 0.4) is 0 Å². The first-order valence-corrected chi connectivity index (χ1v) is 11.6. The third-order valence-corrected chi connectivity index (χ3v) is 6.40. The molecule has 0 aromatic heterocycles. The lowest BCUT2D eigenvalue weighted by atomic mass is 10.0. The molecule has 0 heterocycles. The summed E-state index contributed by atoms with van der Waals surface area (Å²) in [4.78, 5) is 13.5. The van der Waals surface area contributed by atoms with Gasteiger partial charge in [0.15, 0.2) is 0 Å². The molecule has 32 heavy (non-hydrogen) atoms. The normalized spacial score (nSPS) is 15.0. The number of hydrogen-bond donors (Lipinski definition) is 2. The SMILES string of the molecule is CC1=C(CC(=O)Nc2ccc(O)cc2)c2cc(F)ccc2/C1=C/c1ccc(S(C)=O)cc1. The van der Waals surface area contributed by atoms with Gasteiger partial charge in [0.05, 0.1) is 6.42 Å². The number of amides is 1. The molecule has 6 heteroatoms. The Labute approximate surface area is 188 Å². The quantitative estimate of drug-likeness (QED) is 0.499. The minimum atomic E-state index is -1.05.